The number of benzene rings is 1. The zero-order chi connectivity index (χ0) is 56.7. The van der Waals surface area contributed by atoms with E-state index in [1.165, 1.54) is 47.7 Å². The number of ketones is 1. The lowest BCUT2D eigenvalue weighted by atomic mass is 9.92. The number of esters is 2. The quantitative estimate of drug-likeness (QED) is 0.0838. The Morgan fingerprint density at radius 3 is 2.17 bits per heavy atom. The molecule has 424 valence electrons. The highest BCUT2D eigenvalue weighted by molar-refractivity contribution is 6.35. The van der Waals surface area contributed by atoms with Gasteiger partial charge in [-0.15, -0.1) is 0 Å². The van der Waals surface area contributed by atoms with Crippen LogP contribution in [0.2, 0.25) is 0 Å². The summed E-state index contributed by atoms with van der Waals surface area (Å²) in [7, 11) is 4.29. The highest BCUT2D eigenvalue weighted by Gasteiger charge is 2.45. The zero-order valence-corrected chi connectivity index (χ0v) is 46.3. The number of aliphatic hydroxyl groups excluding tert-OH is 1. The van der Waals surface area contributed by atoms with E-state index >= 15 is 0 Å². The van der Waals surface area contributed by atoms with Crippen molar-refractivity contribution < 1.29 is 67.3 Å². The second-order valence-electron chi connectivity index (χ2n) is 21.3. The van der Waals surface area contributed by atoms with Crippen molar-refractivity contribution in [2.24, 2.45) is 23.5 Å². The summed E-state index contributed by atoms with van der Waals surface area (Å²) < 4.78 is 17.2. The van der Waals surface area contributed by atoms with E-state index < -0.39 is 138 Å². The first kappa shape index (κ1) is 62.4. The highest BCUT2D eigenvalue weighted by Crippen LogP contribution is 2.27. The van der Waals surface area contributed by atoms with Crippen LogP contribution in [-0.4, -0.2) is 185 Å². The Morgan fingerprint density at radius 1 is 0.921 bits per heavy atom. The van der Waals surface area contributed by atoms with Crippen molar-refractivity contribution in [3.8, 4) is 5.75 Å². The lowest BCUT2D eigenvalue weighted by Crippen LogP contribution is -2.62. The molecule has 0 aliphatic carbocycles. The number of carbonyl (C=O) groups excluding carboxylic acids is 10. The number of amides is 7. The van der Waals surface area contributed by atoms with Gasteiger partial charge in [0.1, 0.15) is 48.1 Å². The summed E-state index contributed by atoms with van der Waals surface area (Å²) in [4.78, 5) is 146. The van der Waals surface area contributed by atoms with Gasteiger partial charge in [-0.1, -0.05) is 60.1 Å². The van der Waals surface area contributed by atoms with E-state index in [0.29, 0.717) is 50.0 Å². The predicted molar refractivity (Wildman–Crippen MR) is 278 cm³/mol. The topological polar surface area (TPSA) is 294 Å². The predicted octanol–water partition coefficient (Wildman–Crippen LogP) is 1.40. The van der Waals surface area contributed by atoms with Crippen LogP contribution in [0.15, 0.2) is 24.3 Å². The van der Waals surface area contributed by atoms with Gasteiger partial charge < -0.3 is 60.6 Å². The summed E-state index contributed by atoms with van der Waals surface area (Å²) in [5.74, 6) is -8.68. The number of likely N-dealkylation sites (tertiary alicyclic amines) is 1. The molecule has 0 saturated carbocycles. The molecule has 0 aromatic heterocycles. The Labute approximate surface area is 447 Å². The number of nitrogens with zero attached hydrogens (tertiary/aromatic N) is 4. The van der Waals surface area contributed by atoms with Crippen LogP contribution >= 0.6 is 0 Å². The molecule has 22 heteroatoms. The Bertz CT molecular complexity index is 2230. The van der Waals surface area contributed by atoms with E-state index in [-0.39, 0.29) is 51.1 Å². The molecular formula is C54H84N8O14. The molecule has 1 aromatic rings. The lowest BCUT2D eigenvalue weighted by molar-refractivity contribution is -0.162. The number of aliphatic hydroxyl groups is 1. The van der Waals surface area contributed by atoms with Crippen molar-refractivity contribution in [3.63, 3.8) is 0 Å². The average molecular weight is 1070 g/mol. The maximum absolute atomic E-state index is 14.9. The van der Waals surface area contributed by atoms with Gasteiger partial charge in [0.05, 0.1) is 25.7 Å². The van der Waals surface area contributed by atoms with E-state index in [4.69, 9.17) is 19.9 Å². The minimum Gasteiger partial charge on any atom is -0.497 e. The second kappa shape index (κ2) is 28.8. The van der Waals surface area contributed by atoms with Crippen LogP contribution in [0, 0.1) is 17.8 Å². The van der Waals surface area contributed by atoms with Crippen LogP contribution < -0.4 is 26.4 Å². The number of methoxy groups -OCH3 is 1. The molecule has 0 bridgehead atoms. The molecule has 3 aliphatic rings. The number of nitrogens with two attached hydrogens (primary N) is 1. The average Bonchev–Trinajstić information content (AvgIpc) is 4.08. The molecule has 0 unspecified atom stereocenters. The Balaban J connectivity index is 1.86. The molecule has 7 amide bonds. The molecule has 3 fully saturated rings. The van der Waals surface area contributed by atoms with Gasteiger partial charge in [0, 0.05) is 40.5 Å². The molecule has 3 heterocycles. The van der Waals surface area contributed by atoms with Gasteiger partial charge in [-0.3, -0.25) is 43.2 Å². The second-order valence-corrected chi connectivity index (χ2v) is 21.3. The number of cyclic esters (lactones) is 2. The zero-order valence-electron chi connectivity index (χ0n) is 46.3. The number of rotatable bonds is 17. The number of unbranched alkanes of at least 4 members (excludes halogenated alkanes) is 1. The number of hydrogen-bond donors (Lipinski definition) is 5. The first-order chi connectivity index (χ1) is 35.9. The number of hydrogen-bond acceptors (Lipinski definition) is 15. The monoisotopic (exact) mass is 1070 g/mol. The fraction of sp³-hybridized carbons (Fsp3) is 0.704. The van der Waals surface area contributed by atoms with Crippen molar-refractivity contribution in [1.29, 1.82) is 0 Å². The van der Waals surface area contributed by atoms with Gasteiger partial charge in [0.15, 0.2) is 6.10 Å². The SMILES string of the molecule is CC[C@H](C)[C@@H]1NC(=O)[C@H](NC(=O)[C@@H](CC(C)C)N(C)C(=O)[C@@H]2CCCN2C(=O)C(C)=O)[C@H](C)OC(=O)[C@H](Cc2ccc(OC)cc2)N(C)C(=O)[C@@H]2CCCN2C(=O)[C@H](CCCCN)NC(=O)[C@H](C(C)C)OC(=O)C[C@@H]1O. The number of likely N-dealkylation sites (N-methyl/N-ethyl adjacent to an activating group) is 2. The van der Waals surface area contributed by atoms with E-state index in [1.807, 2.05) is 13.8 Å². The largest absolute Gasteiger partial charge is 0.497 e. The van der Waals surface area contributed by atoms with Gasteiger partial charge in [-0.05, 0) is 100 Å². The maximum atomic E-state index is 14.9. The van der Waals surface area contributed by atoms with E-state index in [1.54, 1.807) is 52.0 Å². The summed E-state index contributed by atoms with van der Waals surface area (Å²) in [6, 6.07) is -2.08. The van der Waals surface area contributed by atoms with Crippen molar-refractivity contribution in [1.82, 2.24) is 35.6 Å². The maximum Gasteiger partial charge on any atom is 0.329 e. The van der Waals surface area contributed by atoms with Crippen molar-refractivity contribution in [2.45, 2.75) is 187 Å². The first-order valence-corrected chi connectivity index (χ1v) is 26.8. The number of ether oxygens (including phenoxy) is 3. The molecule has 3 saturated heterocycles. The van der Waals surface area contributed by atoms with Crippen LogP contribution in [0.25, 0.3) is 0 Å². The third kappa shape index (κ3) is 16.2. The number of fused-ring (bicyclic) bond motifs is 1. The van der Waals surface area contributed by atoms with E-state index in [2.05, 4.69) is 16.0 Å². The summed E-state index contributed by atoms with van der Waals surface area (Å²) in [5.41, 5.74) is 6.39. The fourth-order valence-corrected chi connectivity index (χ4v) is 10.1. The smallest absolute Gasteiger partial charge is 0.329 e. The third-order valence-corrected chi connectivity index (χ3v) is 14.8. The molecule has 22 nitrogen and oxygen atoms in total. The Morgan fingerprint density at radius 2 is 1.58 bits per heavy atom. The summed E-state index contributed by atoms with van der Waals surface area (Å²) in [5, 5.41) is 20.1. The molecule has 0 radical (unpaired) electrons. The van der Waals surface area contributed by atoms with Crippen molar-refractivity contribution in [3.05, 3.63) is 29.8 Å². The molecule has 6 N–H and O–H groups in total. The standard InChI is InChI=1S/C54H84N8O14/c1-12-32(6)44-42(64)29-43(65)76-46(31(4)5)49(68)56-37(17-13-14-24-55)51(70)62-26-16-19-39(62)53(72)60(10)41(28-35-20-22-36(74-11)23-21-35)54(73)75-34(8)45(48(67)57-44)58-47(66)40(27-30(2)3)59(9)52(71)38-18-15-25-61(38)50(69)33(7)63/h20-23,30-32,34,37-42,44-46,64H,12-19,24-29,55H2,1-11H3,(H,56,68)(H,57,67)(H,58,66)/t32-,34-,37-,38-,39-,40+,41-,42-,44-,45+,46-/m0/s1. The van der Waals surface area contributed by atoms with Crippen LogP contribution in [0.3, 0.4) is 0 Å². The van der Waals surface area contributed by atoms with Gasteiger partial charge in [0.25, 0.3) is 11.8 Å². The molecule has 76 heavy (non-hydrogen) atoms. The fourth-order valence-electron chi connectivity index (χ4n) is 10.1. The molecule has 0 spiro atoms. The van der Waals surface area contributed by atoms with E-state index in [9.17, 15) is 53.1 Å². The minimum absolute atomic E-state index is 0.0711. The molecule has 4 rings (SSSR count). The van der Waals surface area contributed by atoms with Crippen molar-refractivity contribution in [2.75, 3.05) is 40.8 Å². The van der Waals surface area contributed by atoms with E-state index in [0.717, 1.165) is 6.92 Å². The lowest BCUT2D eigenvalue weighted by Gasteiger charge is -2.36. The third-order valence-electron chi connectivity index (χ3n) is 14.8. The van der Waals surface area contributed by atoms with Crippen molar-refractivity contribution >= 4 is 59.1 Å². The summed E-state index contributed by atoms with van der Waals surface area (Å²) in [6.45, 7) is 13.6. The Kier molecular flexibility index (Phi) is 23.7. The molecule has 1 aromatic carbocycles. The minimum atomic E-state index is -1.74. The number of carbonyl (C=O) groups is 10. The van der Waals surface area contributed by atoms with Gasteiger partial charge >= 0.3 is 11.9 Å². The summed E-state index contributed by atoms with van der Waals surface area (Å²) >= 11 is 0. The number of Topliss-reactive ketones (excluding diaryl/α,β-unsaturated/α-hetero) is 1. The van der Waals surface area contributed by atoms with Gasteiger partial charge in [-0.25, -0.2) is 4.79 Å². The highest BCUT2D eigenvalue weighted by atomic mass is 16.6. The number of nitrogens with one attached hydrogen (secondary N) is 3. The van der Waals surface area contributed by atoms with Gasteiger partial charge in [0.2, 0.25) is 35.3 Å². The van der Waals surface area contributed by atoms with Crippen LogP contribution in [0.1, 0.15) is 125 Å². The molecule has 3 aliphatic heterocycles. The summed E-state index contributed by atoms with van der Waals surface area (Å²) in [6.07, 6.45) is -2.49. The van der Waals surface area contributed by atoms with Crippen LogP contribution in [0.4, 0.5) is 0 Å². The van der Waals surface area contributed by atoms with Gasteiger partial charge in [-0.2, -0.15) is 0 Å². The Hall–Kier alpha value is -6.16. The molecule has 11 atom stereocenters. The normalized spacial score (nSPS) is 26.4. The molecular weight excluding hydrogens is 985 g/mol. The first-order valence-electron chi connectivity index (χ1n) is 26.8. The van der Waals surface area contributed by atoms with Crippen LogP contribution in [-0.2, 0) is 63.8 Å². The van der Waals surface area contributed by atoms with Crippen LogP contribution in [0.5, 0.6) is 5.75 Å².